The van der Waals surface area contributed by atoms with Gasteiger partial charge in [-0.25, -0.2) is 9.37 Å². The third-order valence-electron chi connectivity index (χ3n) is 2.51. The van der Waals surface area contributed by atoms with E-state index in [1.807, 2.05) is 0 Å². The highest BCUT2D eigenvalue weighted by molar-refractivity contribution is 7.21. The molecule has 2 N–H and O–H groups in total. The number of thiazole rings is 1. The summed E-state index contributed by atoms with van der Waals surface area (Å²) in [6, 6.07) is 5.13. The van der Waals surface area contributed by atoms with Gasteiger partial charge in [-0.2, -0.15) is 0 Å². The Kier molecular flexibility index (Phi) is 2.65. The Labute approximate surface area is 111 Å². The fourth-order valence-electron chi connectivity index (χ4n) is 1.65. The number of hydrogen-bond acceptors (Lipinski definition) is 4. The molecule has 1 aromatic carbocycles. The molecule has 6 heteroatoms. The van der Waals surface area contributed by atoms with E-state index in [1.54, 1.807) is 24.4 Å². The van der Waals surface area contributed by atoms with Crippen molar-refractivity contribution < 1.29 is 4.39 Å². The summed E-state index contributed by atoms with van der Waals surface area (Å²) >= 11 is 7.27. The van der Waals surface area contributed by atoms with Gasteiger partial charge in [0.05, 0.1) is 10.9 Å². The number of nitrogens with two attached hydrogens (primary N) is 1. The molecule has 0 aliphatic heterocycles. The molecule has 3 nitrogen and oxygen atoms in total. The summed E-state index contributed by atoms with van der Waals surface area (Å²) in [6.07, 6.45) is 2.73. The van der Waals surface area contributed by atoms with Gasteiger partial charge in [-0.3, -0.25) is 4.98 Å². The maximum Gasteiger partial charge on any atom is 0.168 e. The highest BCUT2D eigenvalue weighted by atomic mass is 35.5. The van der Waals surface area contributed by atoms with Crippen LogP contribution in [0, 0.1) is 5.82 Å². The summed E-state index contributed by atoms with van der Waals surface area (Å²) in [7, 11) is 0. The van der Waals surface area contributed by atoms with Crippen molar-refractivity contribution in [2.75, 3.05) is 5.73 Å². The lowest BCUT2D eigenvalue weighted by atomic mass is 10.2. The first-order valence-electron chi connectivity index (χ1n) is 5.10. The van der Waals surface area contributed by atoms with Gasteiger partial charge in [-0.15, -0.1) is 11.3 Å². The molecule has 3 rings (SSSR count). The van der Waals surface area contributed by atoms with Crippen LogP contribution in [0.15, 0.2) is 30.6 Å². The minimum Gasteiger partial charge on any atom is -0.398 e. The van der Waals surface area contributed by atoms with Crippen LogP contribution in [0.3, 0.4) is 0 Å². The van der Waals surface area contributed by atoms with E-state index in [4.69, 9.17) is 17.3 Å². The molecule has 2 heterocycles. The minimum absolute atomic E-state index is 0.310. The highest BCUT2D eigenvalue weighted by Gasteiger charge is 2.12. The van der Waals surface area contributed by atoms with E-state index >= 15 is 0 Å². The zero-order chi connectivity index (χ0) is 12.7. The first-order chi connectivity index (χ1) is 8.65. The Bertz CT molecular complexity index is 741. The predicted octanol–water partition coefficient (Wildman–Crippen LogP) is 3.73. The van der Waals surface area contributed by atoms with Crippen LogP contribution in [0.2, 0.25) is 5.02 Å². The van der Waals surface area contributed by atoms with Crippen LogP contribution in [0.5, 0.6) is 0 Å². The van der Waals surface area contributed by atoms with E-state index in [-0.39, 0.29) is 0 Å². The summed E-state index contributed by atoms with van der Waals surface area (Å²) in [5, 5.41) is 1.20. The maximum atomic E-state index is 13.5. The molecule has 0 aliphatic rings. The van der Waals surface area contributed by atoms with Crippen molar-refractivity contribution >= 4 is 38.8 Å². The number of fused-ring (bicyclic) bond motifs is 1. The van der Waals surface area contributed by atoms with Crippen LogP contribution < -0.4 is 5.73 Å². The molecule has 0 fully saturated rings. The Morgan fingerprint density at radius 2 is 2.11 bits per heavy atom. The number of benzene rings is 1. The van der Waals surface area contributed by atoms with E-state index in [2.05, 4.69) is 9.97 Å². The Morgan fingerprint density at radius 3 is 2.89 bits per heavy atom. The molecule has 0 aliphatic carbocycles. The summed E-state index contributed by atoms with van der Waals surface area (Å²) in [5.41, 5.74) is 7.46. The van der Waals surface area contributed by atoms with Gasteiger partial charge in [0, 0.05) is 22.5 Å². The molecular weight excluding hydrogens is 273 g/mol. The van der Waals surface area contributed by atoms with Crippen molar-refractivity contribution in [3.8, 4) is 10.6 Å². The van der Waals surface area contributed by atoms with E-state index in [0.29, 0.717) is 31.5 Å². The fraction of sp³-hybridized carbons (Fsp3) is 0. The average molecular weight is 280 g/mol. The third kappa shape index (κ3) is 1.81. The van der Waals surface area contributed by atoms with E-state index < -0.39 is 5.82 Å². The second kappa shape index (κ2) is 4.19. The first-order valence-corrected chi connectivity index (χ1v) is 6.30. The van der Waals surface area contributed by atoms with E-state index in [0.717, 1.165) is 6.20 Å². The SMILES string of the molecule is Nc1ccc(Cl)cc1-c1nc2c(F)cncc2s1. The first kappa shape index (κ1) is 11.4. The van der Waals surface area contributed by atoms with Gasteiger partial charge in [0.25, 0.3) is 0 Å². The number of nitrogen functional groups attached to an aromatic ring is 1. The van der Waals surface area contributed by atoms with Gasteiger partial charge in [0.15, 0.2) is 5.82 Å². The molecule has 0 spiro atoms. The van der Waals surface area contributed by atoms with Crippen LogP contribution in [-0.2, 0) is 0 Å². The molecule has 0 unspecified atom stereocenters. The molecule has 0 atom stereocenters. The Hall–Kier alpha value is -1.72. The largest absolute Gasteiger partial charge is 0.398 e. The molecule has 2 aromatic heterocycles. The van der Waals surface area contributed by atoms with Crippen molar-refractivity contribution in [1.29, 1.82) is 0 Å². The lowest BCUT2D eigenvalue weighted by Crippen LogP contribution is -1.89. The van der Waals surface area contributed by atoms with Crippen molar-refractivity contribution in [2.24, 2.45) is 0 Å². The lowest BCUT2D eigenvalue weighted by Gasteiger charge is -2.01. The van der Waals surface area contributed by atoms with Crippen molar-refractivity contribution in [1.82, 2.24) is 9.97 Å². The zero-order valence-corrected chi connectivity index (χ0v) is 10.6. The number of hydrogen-bond donors (Lipinski definition) is 1. The maximum absolute atomic E-state index is 13.5. The summed E-state index contributed by atoms with van der Waals surface area (Å²) in [6.45, 7) is 0. The Balaban J connectivity index is 2.26. The highest BCUT2D eigenvalue weighted by Crippen LogP contribution is 2.35. The van der Waals surface area contributed by atoms with Crippen molar-refractivity contribution in [2.45, 2.75) is 0 Å². The zero-order valence-electron chi connectivity index (χ0n) is 9.02. The Morgan fingerprint density at radius 1 is 1.28 bits per heavy atom. The van der Waals surface area contributed by atoms with Gasteiger partial charge >= 0.3 is 0 Å². The third-order valence-corrected chi connectivity index (χ3v) is 3.76. The number of aromatic nitrogens is 2. The number of anilines is 1. The van der Waals surface area contributed by atoms with Crippen LogP contribution in [0.1, 0.15) is 0 Å². The predicted molar refractivity (Wildman–Crippen MR) is 72.2 cm³/mol. The molecule has 0 saturated carbocycles. The molecule has 3 aromatic rings. The topological polar surface area (TPSA) is 51.8 Å². The molecule has 0 saturated heterocycles. The molecule has 0 amide bonds. The van der Waals surface area contributed by atoms with Gasteiger partial charge < -0.3 is 5.73 Å². The number of rotatable bonds is 1. The van der Waals surface area contributed by atoms with Gasteiger partial charge in [-0.05, 0) is 18.2 Å². The fourth-order valence-corrected chi connectivity index (χ4v) is 2.81. The number of pyridine rings is 1. The standard InChI is InChI=1S/C12H7ClFN3S/c13-6-1-2-9(15)7(3-6)12-17-11-8(14)4-16-5-10(11)18-12/h1-5H,15H2. The lowest BCUT2D eigenvalue weighted by molar-refractivity contribution is 0.631. The van der Waals surface area contributed by atoms with Crippen LogP contribution in [0.4, 0.5) is 10.1 Å². The molecule has 0 bridgehead atoms. The second-order valence-electron chi connectivity index (χ2n) is 3.72. The normalized spacial score (nSPS) is 11.0. The van der Waals surface area contributed by atoms with Gasteiger partial charge in [-0.1, -0.05) is 11.6 Å². The van der Waals surface area contributed by atoms with Crippen LogP contribution in [-0.4, -0.2) is 9.97 Å². The van der Waals surface area contributed by atoms with Gasteiger partial charge in [0.2, 0.25) is 0 Å². The van der Waals surface area contributed by atoms with Crippen molar-refractivity contribution in [3.05, 3.63) is 41.4 Å². The van der Waals surface area contributed by atoms with Crippen LogP contribution >= 0.6 is 22.9 Å². The van der Waals surface area contributed by atoms with E-state index in [9.17, 15) is 4.39 Å². The van der Waals surface area contributed by atoms with Crippen molar-refractivity contribution in [3.63, 3.8) is 0 Å². The molecular formula is C12H7ClFN3S. The van der Waals surface area contributed by atoms with E-state index in [1.165, 1.54) is 11.3 Å². The van der Waals surface area contributed by atoms with Crippen LogP contribution in [0.25, 0.3) is 20.8 Å². The van der Waals surface area contributed by atoms with Gasteiger partial charge in [0.1, 0.15) is 10.5 Å². The average Bonchev–Trinajstić information content (AvgIpc) is 2.77. The monoisotopic (exact) mass is 279 g/mol. The molecule has 90 valence electrons. The molecule has 18 heavy (non-hydrogen) atoms. The number of nitrogens with zero attached hydrogens (tertiary/aromatic N) is 2. The molecule has 0 radical (unpaired) electrons. The summed E-state index contributed by atoms with van der Waals surface area (Å²) in [5.74, 6) is -0.435. The smallest absolute Gasteiger partial charge is 0.168 e. The minimum atomic E-state index is -0.435. The summed E-state index contributed by atoms with van der Waals surface area (Å²) in [4.78, 5) is 8.05. The number of halogens is 2. The second-order valence-corrected chi connectivity index (χ2v) is 5.19. The summed E-state index contributed by atoms with van der Waals surface area (Å²) < 4.78 is 14.2. The quantitative estimate of drug-likeness (QED) is 0.691.